The highest BCUT2D eigenvalue weighted by molar-refractivity contribution is 7.09. The minimum Gasteiger partial charge on any atom is -0.389 e. The van der Waals surface area contributed by atoms with E-state index in [-0.39, 0.29) is 0 Å². The van der Waals surface area contributed by atoms with Crippen molar-refractivity contribution in [3.05, 3.63) is 16.1 Å². The van der Waals surface area contributed by atoms with Gasteiger partial charge >= 0.3 is 0 Å². The first kappa shape index (κ1) is 11.0. The van der Waals surface area contributed by atoms with Crippen molar-refractivity contribution in [2.75, 3.05) is 6.54 Å². The molecule has 1 saturated carbocycles. The van der Waals surface area contributed by atoms with Crippen LogP contribution in [0.1, 0.15) is 36.4 Å². The molecule has 4 heteroatoms. The summed E-state index contributed by atoms with van der Waals surface area (Å²) in [6, 6.07) is 0. The Kier molecular flexibility index (Phi) is 3.38. The largest absolute Gasteiger partial charge is 0.389 e. The first-order valence-corrected chi connectivity index (χ1v) is 6.40. The maximum Gasteiger partial charge on any atom is 0.0897 e. The van der Waals surface area contributed by atoms with E-state index in [1.165, 1.54) is 0 Å². The van der Waals surface area contributed by atoms with E-state index in [2.05, 4.69) is 15.7 Å². The maximum atomic E-state index is 10.1. The summed E-state index contributed by atoms with van der Waals surface area (Å²) < 4.78 is 0. The number of hydrogen-bond donors (Lipinski definition) is 2. The third-order valence-corrected chi connectivity index (χ3v) is 3.78. The quantitative estimate of drug-likeness (QED) is 0.823. The van der Waals surface area contributed by atoms with Crippen LogP contribution in [0.25, 0.3) is 0 Å². The monoisotopic (exact) mass is 226 g/mol. The van der Waals surface area contributed by atoms with Crippen LogP contribution in [0.4, 0.5) is 0 Å². The van der Waals surface area contributed by atoms with Crippen molar-refractivity contribution < 1.29 is 5.11 Å². The van der Waals surface area contributed by atoms with Crippen molar-refractivity contribution in [3.8, 4) is 0 Å². The molecule has 0 unspecified atom stereocenters. The summed E-state index contributed by atoms with van der Waals surface area (Å²) in [4.78, 5) is 4.37. The summed E-state index contributed by atoms with van der Waals surface area (Å²) in [7, 11) is 0. The highest BCUT2D eigenvalue weighted by Gasteiger charge is 2.30. The Balaban J connectivity index is 1.75. The van der Waals surface area contributed by atoms with Crippen molar-refractivity contribution >= 4 is 11.3 Å². The Morgan fingerprint density at radius 2 is 2.27 bits per heavy atom. The molecule has 84 valence electrons. The van der Waals surface area contributed by atoms with E-state index in [4.69, 9.17) is 0 Å². The van der Waals surface area contributed by atoms with Crippen LogP contribution in [0.2, 0.25) is 0 Å². The van der Waals surface area contributed by atoms with Gasteiger partial charge in [0.25, 0.3) is 0 Å². The molecule has 0 aliphatic heterocycles. The van der Waals surface area contributed by atoms with Crippen molar-refractivity contribution in [2.45, 2.75) is 44.8 Å². The zero-order chi connectivity index (χ0) is 10.7. The summed E-state index contributed by atoms with van der Waals surface area (Å²) in [6.07, 6.45) is 4.20. The topological polar surface area (TPSA) is 45.2 Å². The summed E-state index contributed by atoms with van der Waals surface area (Å²) in [5.74, 6) is 0. The first-order chi connectivity index (χ1) is 7.18. The van der Waals surface area contributed by atoms with E-state index in [1.54, 1.807) is 11.3 Å². The molecular formula is C11H18N2OS. The third kappa shape index (κ3) is 3.00. The third-order valence-electron chi connectivity index (χ3n) is 2.96. The highest BCUT2D eigenvalue weighted by Crippen LogP contribution is 2.28. The molecule has 0 saturated heterocycles. The van der Waals surface area contributed by atoms with Crippen LogP contribution in [0.15, 0.2) is 5.38 Å². The number of rotatable bonds is 4. The van der Waals surface area contributed by atoms with E-state index < -0.39 is 5.60 Å². The van der Waals surface area contributed by atoms with E-state index in [0.717, 1.165) is 42.9 Å². The number of hydrogen-bond acceptors (Lipinski definition) is 4. The standard InChI is InChI=1S/C11H18N2OS/c1-9-13-10(7-15-9)6-12-8-11(14)4-2-3-5-11/h7,12,14H,2-6,8H2,1H3. The molecule has 1 fully saturated rings. The van der Waals surface area contributed by atoms with E-state index in [1.807, 2.05) is 6.92 Å². The van der Waals surface area contributed by atoms with Gasteiger partial charge in [-0.1, -0.05) is 12.8 Å². The summed E-state index contributed by atoms with van der Waals surface area (Å²) >= 11 is 1.67. The SMILES string of the molecule is Cc1nc(CNCC2(O)CCCC2)cs1. The number of thiazole rings is 1. The van der Waals surface area contributed by atoms with Gasteiger partial charge in [0.2, 0.25) is 0 Å². The highest BCUT2D eigenvalue weighted by atomic mass is 32.1. The van der Waals surface area contributed by atoms with Gasteiger partial charge in [-0.15, -0.1) is 11.3 Å². The molecule has 0 spiro atoms. The second-order valence-corrected chi connectivity index (χ2v) is 5.46. The minimum atomic E-state index is -0.453. The molecule has 0 aromatic carbocycles. The van der Waals surface area contributed by atoms with Gasteiger partial charge in [0.1, 0.15) is 0 Å². The fourth-order valence-corrected chi connectivity index (χ4v) is 2.74. The zero-order valence-corrected chi connectivity index (χ0v) is 9.94. The maximum absolute atomic E-state index is 10.1. The molecule has 1 aromatic heterocycles. The smallest absolute Gasteiger partial charge is 0.0897 e. The lowest BCUT2D eigenvalue weighted by molar-refractivity contribution is 0.0474. The Hall–Kier alpha value is -0.450. The lowest BCUT2D eigenvalue weighted by Crippen LogP contribution is -2.37. The summed E-state index contributed by atoms with van der Waals surface area (Å²) in [5.41, 5.74) is 0.629. The Morgan fingerprint density at radius 1 is 1.53 bits per heavy atom. The summed E-state index contributed by atoms with van der Waals surface area (Å²) in [5, 5.41) is 16.6. The molecular weight excluding hydrogens is 208 g/mol. The fourth-order valence-electron chi connectivity index (χ4n) is 2.12. The van der Waals surface area contributed by atoms with Gasteiger partial charge in [0, 0.05) is 18.5 Å². The number of aliphatic hydroxyl groups is 1. The predicted octanol–water partition coefficient (Wildman–Crippen LogP) is 1.85. The van der Waals surface area contributed by atoms with Crippen LogP contribution >= 0.6 is 11.3 Å². The molecule has 0 bridgehead atoms. The lowest BCUT2D eigenvalue weighted by atomic mass is 10.0. The first-order valence-electron chi connectivity index (χ1n) is 5.52. The molecule has 1 aliphatic rings. The van der Waals surface area contributed by atoms with Crippen LogP contribution in [0, 0.1) is 6.92 Å². The number of aryl methyl sites for hydroxylation is 1. The molecule has 15 heavy (non-hydrogen) atoms. The molecule has 3 nitrogen and oxygen atoms in total. The van der Waals surface area contributed by atoms with Crippen molar-refractivity contribution in [3.63, 3.8) is 0 Å². The number of nitrogens with zero attached hydrogens (tertiary/aromatic N) is 1. The normalized spacial score (nSPS) is 19.6. The van der Waals surface area contributed by atoms with Crippen LogP contribution in [-0.2, 0) is 6.54 Å². The summed E-state index contributed by atoms with van der Waals surface area (Å²) in [6.45, 7) is 3.48. The zero-order valence-electron chi connectivity index (χ0n) is 9.12. The average molecular weight is 226 g/mol. The Morgan fingerprint density at radius 3 is 2.87 bits per heavy atom. The number of nitrogens with one attached hydrogen (secondary N) is 1. The molecule has 0 amide bonds. The van der Waals surface area contributed by atoms with Gasteiger partial charge in [0.05, 0.1) is 16.3 Å². The molecule has 1 heterocycles. The van der Waals surface area contributed by atoms with E-state index >= 15 is 0 Å². The van der Waals surface area contributed by atoms with Crippen LogP contribution in [-0.4, -0.2) is 22.2 Å². The van der Waals surface area contributed by atoms with Crippen LogP contribution in [0.3, 0.4) is 0 Å². The number of aromatic nitrogens is 1. The second-order valence-electron chi connectivity index (χ2n) is 4.39. The fraction of sp³-hybridized carbons (Fsp3) is 0.727. The van der Waals surface area contributed by atoms with Crippen molar-refractivity contribution in [1.29, 1.82) is 0 Å². The molecule has 0 radical (unpaired) electrons. The Bertz CT molecular complexity index is 318. The predicted molar refractivity (Wildman–Crippen MR) is 62.0 cm³/mol. The van der Waals surface area contributed by atoms with E-state index in [9.17, 15) is 5.11 Å². The Labute approximate surface area is 94.5 Å². The molecule has 2 N–H and O–H groups in total. The molecule has 1 aromatic rings. The molecule has 1 aliphatic carbocycles. The molecule has 0 atom stereocenters. The van der Waals surface area contributed by atoms with E-state index in [0.29, 0.717) is 6.54 Å². The second kappa shape index (κ2) is 4.60. The average Bonchev–Trinajstić information content (AvgIpc) is 2.76. The van der Waals surface area contributed by atoms with Crippen molar-refractivity contribution in [2.24, 2.45) is 0 Å². The van der Waals surface area contributed by atoms with Crippen LogP contribution < -0.4 is 5.32 Å². The van der Waals surface area contributed by atoms with Gasteiger partial charge in [-0.25, -0.2) is 4.98 Å². The van der Waals surface area contributed by atoms with Gasteiger partial charge in [-0.3, -0.25) is 0 Å². The van der Waals surface area contributed by atoms with Crippen molar-refractivity contribution in [1.82, 2.24) is 10.3 Å². The van der Waals surface area contributed by atoms with Crippen LogP contribution in [0.5, 0.6) is 0 Å². The molecule has 2 rings (SSSR count). The lowest BCUT2D eigenvalue weighted by Gasteiger charge is -2.22. The van der Waals surface area contributed by atoms with Gasteiger partial charge in [0.15, 0.2) is 0 Å². The minimum absolute atomic E-state index is 0.453. The van der Waals surface area contributed by atoms with Gasteiger partial charge < -0.3 is 10.4 Å². The van der Waals surface area contributed by atoms with Gasteiger partial charge in [-0.05, 0) is 19.8 Å². The van der Waals surface area contributed by atoms with Gasteiger partial charge in [-0.2, -0.15) is 0 Å².